The van der Waals surface area contributed by atoms with Gasteiger partial charge in [-0.3, -0.25) is 0 Å². The molecular weight excluding hydrogens is 200 g/mol. The van der Waals surface area contributed by atoms with Gasteiger partial charge in [-0.25, -0.2) is 0 Å². The van der Waals surface area contributed by atoms with E-state index in [4.69, 9.17) is 0 Å². The fourth-order valence-electron chi connectivity index (χ4n) is 2.11. The third-order valence-electron chi connectivity index (χ3n) is 2.86. The van der Waals surface area contributed by atoms with E-state index in [0.29, 0.717) is 0 Å². The molecule has 0 saturated carbocycles. The van der Waals surface area contributed by atoms with Crippen LogP contribution in [-0.4, -0.2) is 0 Å². The highest BCUT2D eigenvalue weighted by molar-refractivity contribution is 7.25. The predicted molar refractivity (Wildman–Crippen MR) is 68.8 cm³/mol. The molecule has 0 unspecified atom stereocenters. The Morgan fingerprint density at radius 1 is 0.933 bits per heavy atom. The van der Waals surface area contributed by atoms with Crippen LogP contribution in [0.25, 0.3) is 20.2 Å². The molecule has 2 aromatic carbocycles. The van der Waals surface area contributed by atoms with Gasteiger partial charge in [-0.05, 0) is 37.1 Å². The molecule has 0 atom stereocenters. The lowest BCUT2D eigenvalue weighted by atomic mass is 10.1. The van der Waals surface area contributed by atoms with Crippen molar-refractivity contribution in [3.63, 3.8) is 0 Å². The second-order valence-electron chi connectivity index (χ2n) is 4.05. The van der Waals surface area contributed by atoms with Crippen LogP contribution in [0.3, 0.4) is 0 Å². The van der Waals surface area contributed by atoms with E-state index in [1.165, 1.54) is 31.3 Å². The van der Waals surface area contributed by atoms with E-state index in [9.17, 15) is 0 Å². The van der Waals surface area contributed by atoms with Crippen molar-refractivity contribution in [3.05, 3.63) is 47.5 Å². The molecule has 3 aromatic rings. The molecule has 0 amide bonds. The Balaban J connectivity index is 2.59. The quantitative estimate of drug-likeness (QED) is 0.508. The van der Waals surface area contributed by atoms with Crippen molar-refractivity contribution < 1.29 is 0 Å². The topological polar surface area (TPSA) is 0 Å². The molecule has 0 N–H and O–H groups in total. The van der Waals surface area contributed by atoms with Crippen LogP contribution in [0.5, 0.6) is 0 Å². The lowest BCUT2D eigenvalue weighted by Gasteiger charge is -1.96. The van der Waals surface area contributed by atoms with E-state index in [1.807, 2.05) is 11.3 Å². The molecule has 0 nitrogen and oxygen atoms in total. The van der Waals surface area contributed by atoms with Crippen molar-refractivity contribution in [2.45, 2.75) is 13.8 Å². The second kappa shape index (κ2) is 3.07. The van der Waals surface area contributed by atoms with Gasteiger partial charge in [0.2, 0.25) is 0 Å². The minimum Gasteiger partial charge on any atom is -0.135 e. The SMILES string of the molecule is Cc1ccc2c(c1)sc1cccc(C)c12. The average Bonchev–Trinajstić information content (AvgIpc) is 2.56. The summed E-state index contributed by atoms with van der Waals surface area (Å²) in [5.41, 5.74) is 2.72. The van der Waals surface area contributed by atoms with Crippen LogP contribution in [0, 0.1) is 13.8 Å². The molecule has 1 heterocycles. The average molecular weight is 212 g/mol. The van der Waals surface area contributed by atoms with E-state index in [-0.39, 0.29) is 0 Å². The summed E-state index contributed by atoms with van der Waals surface area (Å²) in [6, 6.07) is 13.3. The van der Waals surface area contributed by atoms with Gasteiger partial charge in [0.05, 0.1) is 0 Å². The molecular formula is C14H12S. The van der Waals surface area contributed by atoms with Crippen molar-refractivity contribution in [2.75, 3.05) is 0 Å². The summed E-state index contributed by atoms with van der Waals surface area (Å²) in [6.45, 7) is 4.34. The number of fused-ring (bicyclic) bond motifs is 3. The molecule has 0 saturated heterocycles. The van der Waals surface area contributed by atoms with Gasteiger partial charge in [-0.1, -0.05) is 24.3 Å². The maximum Gasteiger partial charge on any atom is 0.0358 e. The Morgan fingerprint density at radius 2 is 1.80 bits per heavy atom. The highest BCUT2D eigenvalue weighted by Gasteiger charge is 2.06. The molecule has 15 heavy (non-hydrogen) atoms. The molecule has 0 aliphatic heterocycles. The monoisotopic (exact) mass is 212 g/mol. The largest absolute Gasteiger partial charge is 0.135 e. The lowest BCUT2D eigenvalue weighted by Crippen LogP contribution is -1.73. The fourth-order valence-corrected chi connectivity index (χ4v) is 3.39. The molecule has 0 bridgehead atoms. The van der Waals surface area contributed by atoms with Crippen molar-refractivity contribution in [3.8, 4) is 0 Å². The Bertz CT molecular complexity index is 647. The Kier molecular flexibility index (Phi) is 1.83. The maximum absolute atomic E-state index is 2.28. The van der Waals surface area contributed by atoms with Crippen molar-refractivity contribution >= 4 is 31.5 Å². The predicted octanol–water partition coefficient (Wildman–Crippen LogP) is 4.67. The van der Waals surface area contributed by atoms with Crippen LogP contribution in [0.2, 0.25) is 0 Å². The number of rotatable bonds is 0. The number of hydrogen-bond donors (Lipinski definition) is 0. The van der Waals surface area contributed by atoms with Crippen molar-refractivity contribution in [2.24, 2.45) is 0 Å². The standard InChI is InChI=1S/C14H12S/c1-9-6-7-11-13(8-9)15-12-5-3-4-10(2)14(11)12/h3-8H,1-2H3. The molecule has 0 spiro atoms. The van der Waals surface area contributed by atoms with Crippen molar-refractivity contribution in [1.29, 1.82) is 0 Å². The van der Waals surface area contributed by atoms with Crippen LogP contribution < -0.4 is 0 Å². The Morgan fingerprint density at radius 3 is 2.67 bits per heavy atom. The summed E-state index contributed by atoms with van der Waals surface area (Å²) in [4.78, 5) is 0. The normalized spacial score (nSPS) is 11.3. The van der Waals surface area contributed by atoms with Gasteiger partial charge in [0.25, 0.3) is 0 Å². The first-order chi connectivity index (χ1) is 7.25. The molecule has 0 fully saturated rings. The zero-order valence-electron chi connectivity index (χ0n) is 8.87. The third kappa shape index (κ3) is 1.27. The zero-order valence-corrected chi connectivity index (χ0v) is 9.69. The van der Waals surface area contributed by atoms with Crippen molar-refractivity contribution in [1.82, 2.24) is 0 Å². The summed E-state index contributed by atoms with van der Waals surface area (Å²) in [6.07, 6.45) is 0. The van der Waals surface area contributed by atoms with Crippen LogP contribution in [-0.2, 0) is 0 Å². The van der Waals surface area contributed by atoms with Gasteiger partial charge in [0.15, 0.2) is 0 Å². The molecule has 0 aliphatic rings. The number of thiophene rings is 1. The van der Waals surface area contributed by atoms with Gasteiger partial charge in [0, 0.05) is 20.2 Å². The van der Waals surface area contributed by atoms with Crippen LogP contribution >= 0.6 is 11.3 Å². The van der Waals surface area contributed by atoms with Gasteiger partial charge in [-0.15, -0.1) is 11.3 Å². The summed E-state index contributed by atoms with van der Waals surface area (Å²) in [5.74, 6) is 0. The molecule has 74 valence electrons. The first-order valence-electron chi connectivity index (χ1n) is 5.14. The lowest BCUT2D eigenvalue weighted by molar-refractivity contribution is 1.51. The smallest absolute Gasteiger partial charge is 0.0358 e. The molecule has 1 aromatic heterocycles. The minimum atomic E-state index is 1.34. The number of hydrogen-bond acceptors (Lipinski definition) is 1. The van der Waals surface area contributed by atoms with E-state index >= 15 is 0 Å². The van der Waals surface area contributed by atoms with Crippen LogP contribution in [0.1, 0.15) is 11.1 Å². The van der Waals surface area contributed by atoms with E-state index < -0.39 is 0 Å². The zero-order chi connectivity index (χ0) is 10.4. The fraction of sp³-hybridized carbons (Fsp3) is 0.143. The maximum atomic E-state index is 2.28. The van der Waals surface area contributed by atoms with E-state index in [2.05, 4.69) is 50.2 Å². The molecule has 1 heteroatoms. The van der Waals surface area contributed by atoms with Gasteiger partial charge in [0.1, 0.15) is 0 Å². The minimum absolute atomic E-state index is 1.34. The van der Waals surface area contributed by atoms with E-state index in [1.54, 1.807) is 0 Å². The first-order valence-corrected chi connectivity index (χ1v) is 5.96. The van der Waals surface area contributed by atoms with Crippen LogP contribution in [0.15, 0.2) is 36.4 Å². The van der Waals surface area contributed by atoms with Gasteiger partial charge < -0.3 is 0 Å². The molecule has 3 rings (SSSR count). The molecule has 0 radical (unpaired) electrons. The Labute approximate surface area is 93.2 Å². The third-order valence-corrected chi connectivity index (χ3v) is 3.98. The number of aryl methyl sites for hydroxylation is 2. The summed E-state index contributed by atoms with van der Waals surface area (Å²) >= 11 is 1.89. The van der Waals surface area contributed by atoms with Gasteiger partial charge in [-0.2, -0.15) is 0 Å². The first kappa shape index (κ1) is 8.93. The summed E-state index contributed by atoms with van der Waals surface area (Å²) < 4.78 is 2.80. The van der Waals surface area contributed by atoms with E-state index in [0.717, 1.165) is 0 Å². The van der Waals surface area contributed by atoms with Gasteiger partial charge >= 0.3 is 0 Å². The van der Waals surface area contributed by atoms with Crippen LogP contribution in [0.4, 0.5) is 0 Å². The Hall–Kier alpha value is -1.34. The second-order valence-corrected chi connectivity index (χ2v) is 5.13. The highest BCUT2D eigenvalue weighted by Crippen LogP contribution is 2.35. The molecule has 0 aliphatic carbocycles. The summed E-state index contributed by atoms with van der Waals surface area (Å²) in [5, 5.41) is 2.83. The summed E-state index contributed by atoms with van der Waals surface area (Å²) in [7, 11) is 0. The number of benzene rings is 2. The highest BCUT2D eigenvalue weighted by atomic mass is 32.1.